The van der Waals surface area contributed by atoms with Gasteiger partial charge in [0.15, 0.2) is 0 Å². The van der Waals surface area contributed by atoms with Crippen LogP contribution in [0.4, 0.5) is 19.7 Å². The number of nitrogens with one attached hydrogen (secondary N) is 3. The molecule has 1 fully saturated rings. The van der Waals surface area contributed by atoms with Gasteiger partial charge in [0.1, 0.15) is 5.82 Å². The third-order valence-electron chi connectivity index (χ3n) is 3.97. The zero-order valence-corrected chi connectivity index (χ0v) is 14.6. The van der Waals surface area contributed by atoms with Gasteiger partial charge in [0, 0.05) is 30.9 Å². The summed E-state index contributed by atoms with van der Waals surface area (Å²) in [5.41, 5.74) is 2.44. The van der Waals surface area contributed by atoms with Crippen molar-refractivity contribution in [2.45, 2.75) is 6.54 Å². The molecule has 0 atom stereocenters. The molecule has 2 aromatic carbocycles. The zero-order chi connectivity index (χ0) is 19.1. The Morgan fingerprint density at radius 2 is 1.85 bits per heavy atom. The van der Waals surface area contributed by atoms with E-state index in [4.69, 9.17) is 0 Å². The Bertz CT molecular complexity index is 870. The fourth-order valence-corrected chi connectivity index (χ4v) is 2.56. The molecule has 0 radical (unpaired) electrons. The van der Waals surface area contributed by atoms with Crippen molar-refractivity contribution in [3.63, 3.8) is 0 Å². The number of halogens is 1. The number of rotatable bonds is 4. The molecule has 3 N–H and O–H groups in total. The lowest BCUT2D eigenvalue weighted by Crippen LogP contribution is -2.35. The minimum absolute atomic E-state index is 0.0929. The van der Waals surface area contributed by atoms with Gasteiger partial charge in [0.2, 0.25) is 0 Å². The fourth-order valence-electron chi connectivity index (χ4n) is 2.56. The maximum Gasteiger partial charge on any atom is 0.321 e. The summed E-state index contributed by atoms with van der Waals surface area (Å²) >= 11 is 0. The summed E-state index contributed by atoms with van der Waals surface area (Å²) in [5.74, 6) is 5.52. The minimum atomic E-state index is -0.344. The number of benzene rings is 2. The predicted molar refractivity (Wildman–Crippen MR) is 101 cm³/mol. The van der Waals surface area contributed by atoms with Gasteiger partial charge in [-0.2, -0.15) is 0 Å². The van der Waals surface area contributed by atoms with Gasteiger partial charge >= 0.3 is 12.1 Å². The average molecular weight is 366 g/mol. The van der Waals surface area contributed by atoms with E-state index in [-0.39, 0.29) is 24.4 Å². The first-order valence-electron chi connectivity index (χ1n) is 8.52. The van der Waals surface area contributed by atoms with Crippen LogP contribution in [0.1, 0.15) is 11.1 Å². The third kappa shape index (κ3) is 5.22. The SMILES string of the molecule is O=C(NCC#Cc1ccc(N2CCNC2=O)cc1)NCc1ccc(F)cc1. The van der Waals surface area contributed by atoms with E-state index in [2.05, 4.69) is 27.8 Å². The summed E-state index contributed by atoms with van der Waals surface area (Å²) in [7, 11) is 0. The van der Waals surface area contributed by atoms with Crippen LogP contribution in [0.5, 0.6) is 0 Å². The van der Waals surface area contributed by atoms with Crippen molar-refractivity contribution in [3.05, 3.63) is 65.5 Å². The van der Waals surface area contributed by atoms with Crippen molar-refractivity contribution in [2.75, 3.05) is 24.5 Å². The third-order valence-corrected chi connectivity index (χ3v) is 3.97. The van der Waals surface area contributed by atoms with Crippen LogP contribution >= 0.6 is 0 Å². The summed E-state index contributed by atoms with van der Waals surface area (Å²) in [6.07, 6.45) is 0. The maximum absolute atomic E-state index is 12.8. The van der Waals surface area contributed by atoms with E-state index in [1.165, 1.54) is 12.1 Å². The molecule has 3 rings (SSSR count). The minimum Gasteiger partial charge on any atom is -0.336 e. The van der Waals surface area contributed by atoms with E-state index in [0.717, 1.165) is 16.8 Å². The Morgan fingerprint density at radius 3 is 2.52 bits per heavy atom. The van der Waals surface area contributed by atoms with E-state index < -0.39 is 0 Å². The van der Waals surface area contributed by atoms with Gasteiger partial charge in [-0.15, -0.1) is 0 Å². The second-order valence-electron chi connectivity index (χ2n) is 5.89. The molecule has 2 aromatic rings. The van der Waals surface area contributed by atoms with Gasteiger partial charge < -0.3 is 16.0 Å². The zero-order valence-electron chi connectivity index (χ0n) is 14.6. The van der Waals surface area contributed by atoms with Gasteiger partial charge in [0.05, 0.1) is 6.54 Å². The van der Waals surface area contributed by atoms with E-state index in [1.54, 1.807) is 17.0 Å². The first-order valence-corrected chi connectivity index (χ1v) is 8.52. The Labute approximate surface area is 156 Å². The number of amides is 4. The second-order valence-corrected chi connectivity index (χ2v) is 5.89. The number of carbonyl (C=O) groups is 2. The van der Waals surface area contributed by atoms with Crippen molar-refractivity contribution in [1.29, 1.82) is 0 Å². The van der Waals surface area contributed by atoms with Crippen molar-refractivity contribution >= 4 is 17.7 Å². The molecule has 0 spiro atoms. The molecule has 0 aromatic heterocycles. The summed E-state index contributed by atoms with van der Waals surface area (Å²) in [6.45, 7) is 1.81. The van der Waals surface area contributed by atoms with Crippen LogP contribution < -0.4 is 20.9 Å². The van der Waals surface area contributed by atoms with Crippen LogP contribution in [-0.2, 0) is 6.54 Å². The molecular formula is C20H19FN4O2. The quantitative estimate of drug-likeness (QED) is 0.726. The molecule has 27 heavy (non-hydrogen) atoms. The monoisotopic (exact) mass is 366 g/mol. The van der Waals surface area contributed by atoms with Gasteiger partial charge in [-0.3, -0.25) is 4.90 Å². The first kappa shape index (κ1) is 18.3. The van der Waals surface area contributed by atoms with E-state index in [1.807, 2.05) is 24.3 Å². The standard InChI is InChI=1S/C20H19FN4O2/c21-17-7-3-16(4-8-17)14-24-19(26)22-11-1-2-15-5-9-18(10-6-15)25-13-12-23-20(25)27/h3-10H,11-14H2,(H,23,27)(H2,22,24,26). The topological polar surface area (TPSA) is 73.5 Å². The van der Waals surface area contributed by atoms with Crippen molar-refractivity contribution in [3.8, 4) is 11.8 Å². The van der Waals surface area contributed by atoms with E-state index >= 15 is 0 Å². The molecule has 6 nitrogen and oxygen atoms in total. The molecule has 1 aliphatic heterocycles. The number of anilines is 1. The second kappa shape index (κ2) is 8.72. The molecular weight excluding hydrogens is 347 g/mol. The molecule has 0 aliphatic carbocycles. The number of carbonyl (C=O) groups excluding carboxylic acids is 2. The fraction of sp³-hybridized carbons (Fsp3) is 0.200. The summed E-state index contributed by atoms with van der Waals surface area (Å²) < 4.78 is 12.8. The molecule has 1 heterocycles. The molecule has 138 valence electrons. The Morgan fingerprint density at radius 1 is 1.11 bits per heavy atom. The molecule has 0 saturated carbocycles. The van der Waals surface area contributed by atoms with E-state index in [0.29, 0.717) is 19.6 Å². The largest absolute Gasteiger partial charge is 0.336 e. The summed E-state index contributed by atoms with van der Waals surface area (Å²) in [5, 5.41) is 8.07. The van der Waals surface area contributed by atoms with Crippen LogP contribution in [0.25, 0.3) is 0 Å². The van der Waals surface area contributed by atoms with Gasteiger partial charge in [0.25, 0.3) is 0 Å². The summed E-state index contributed by atoms with van der Waals surface area (Å²) in [4.78, 5) is 25.0. The van der Waals surface area contributed by atoms with Crippen LogP contribution in [-0.4, -0.2) is 31.7 Å². The van der Waals surface area contributed by atoms with Crippen molar-refractivity contribution in [1.82, 2.24) is 16.0 Å². The average Bonchev–Trinajstić information content (AvgIpc) is 3.11. The van der Waals surface area contributed by atoms with Crippen LogP contribution in [0.15, 0.2) is 48.5 Å². The first-order chi connectivity index (χ1) is 13.1. The highest BCUT2D eigenvalue weighted by atomic mass is 19.1. The molecule has 0 unspecified atom stereocenters. The Balaban J connectivity index is 1.42. The van der Waals surface area contributed by atoms with Crippen molar-refractivity contribution < 1.29 is 14.0 Å². The van der Waals surface area contributed by atoms with E-state index in [9.17, 15) is 14.0 Å². The molecule has 1 aliphatic rings. The number of urea groups is 2. The highest BCUT2D eigenvalue weighted by Gasteiger charge is 2.20. The Kier molecular flexibility index (Phi) is 5.90. The smallest absolute Gasteiger partial charge is 0.321 e. The van der Waals surface area contributed by atoms with Crippen molar-refractivity contribution in [2.24, 2.45) is 0 Å². The lowest BCUT2D eigenvalue weighted by Gasteiger charge is -2.13. The van der Waals surface area contributed by atoms with Gasteiger partial charge in [-0.25, -0.2) is 14.0 Å². The number of hydrogen-bond acceptors (Lipinski definition) is 2. The predicted octanol–water partition coefficient (Wildman–Crippen LogP) is 2.21. The molecule has 4 amide bonds. The van der Waals surface area contributed by atoms with Gasteiger partial charge in [-0.05, 0) is 42.0 Å². The highest BCUT2D eigenvalue weighted by Crippen LogP contribution is 2.16. The summed E-state index contributed by atoms with van der Waals surface area (Å²) in [6, 6.07) is 12.9. The number of hydrogen-bond donors (Lipinski definition) is 3. The van der Waals surface area contributed by atoms with Crippen LogP contribution in [0, 0.1) is 17.7 Å². The molecule has 7 heteroatoms. The maximum atomic E-state index is 12.8. The number of nitrogens with zero attached hydrogens (tertiary/aromatic N) is 1. The normalized spacial score (nSPS) is 12.8. The van der Waals surface area contributed by atoms with Crippen LogP contribution in [0.3, 0.4) is 0 Å². The lowest BCUT2D eigenvalue weighted by molar-refractivity contribution is 0.241. The lowest BCUT2D eigenvalue weighted by atomic mass is 10.2. The Hall–Kier alpha value is -3.53. The van der Waals surface area contributed by atoms with Crippen LogP contribution in [0.2, 0.25) is 0 Å². The molecule has 1 saturated heterocycles. The van der Waals surface area contributed by atoms with Gasteiger partial charge in [-0.1, -0.05) is 24.0 Å². The molecule has 0 bridgehead atoms. The highest BCUT2D eigenvalue weighted by molar-refractivity contribution is 5.94.